The van der Waals surface area contributed by atoms with Crippen LogP contribution in [0.5, 0.6) is 0 Å². The molecule has 0 radical (unpaired) electrons. The minimum Gasteiger partial charge on any atom is -0.480 e. The summed E-state index contributed by atoms with van der Waals surface area (Å²) in [7, 11) is 1.63. The molecule has 1 aliphatic carbocycles. The molecular formula is C9H16N2O4. The number of carboxylic acids is 1. The van der Waals surface area contributed by atoms with Crippen LogP contribution in [0.25, 0.3) is 0 Å². The zero-order valence-corrected chi connectivity index (χ0v) is 8.64. The largest absolute Gasteiger partial charge is 0.480 e. The predicted molar refractivity (Wildman–Crippen MR) is 52.4 cm³/mol. The van der Waals surface area contributed by atoms with E-state index in [1.807, 2.05) is 0 Å². The van der Waals surface area contributed by atoms with Gasteiger partial charge in [-0.05, 0) is 19.3 Å². The number of hydrogen-bond donors (Lipinski definition) is 3. The Morgan fingerprint density at radius 1 is 1.53 bits per heavy atom. The van der Waals surface area contributed by atoms with Crippen LogP contribution in [0.15, 0.2) is 0 Å². The van der Waals surface area contributed by atoms with Gasteiger partial charge in [-0.3, -0.25) is 0 Å². The van der Waals surface area contributed by atoms with Crippen LogP contribution >= 0.6 is 0 Å². The summed E-state index contributed by atoms with van der Waals surface area (Å²) < 4.78 is 0. The van der Waals surface area contributed by atoms with Crippen molar-refractivity contribution in [2.45, 2.75) is 31.3 Å². The third kappa shape index (κ3) is 2.82. The molecule has 3 N–H and O–H groups in total. The molecule has 1 unspecified atom stereocenters. The van der Waals surface area contributed by atoms with Crippen molar-refractivity contribution in [3.8, 4) is 0 Å². The van der Waals surface area contributed by atoms with Gasteiger partial charge in [0, 0.05) is 13.1 Å². The van der Waals surface area contributed by atoms with Crippen molar-refractivity contribution < 1.29 is 19.8 Å². The highest BCUT2D eigenvalue weighted by Gasteiger charge is 2.28. The lowest BCUT2D eigenvalue weighted by molar-refractivity contribution is -0.140. The minimum absolute atomic E-state index is 0.207. The summed E-state index contributed by atoms with van der Waals surface area (Å²) in [6, 6.07) is -1.46. The van der Waals surface area contributed by atoms with Gasteiger partial charge in [-0.25, -0.2) is 9.59 Å². The van der Waals surface area contributed by atoms with Gasteiger partial charge < -0.3 is 20.4 Å². The SMILES string of the molecule is CN(C(=O)NC(CO)C(=O)O)C1CCC1. The Morgan fingerprint density at radius 3 is 2.47 bits per heavy atom. The Kier molecular flexibility index (Phi) is 3.90. The molecule has 2 amide bonds. The summed E-state index contributed by atoms with van der Waals surface area (Å²) in [5.41, 5.74) is 0. The average molecular weight is 216 g/mol. The van der Waals surface area contributed by atoms with Crippen molar-refractivity contribution in [3.63, 3.8) is 0 Å². The Hall–Kier alpha value is -1.30. The first kappa shape index (κ1) is 11.8. The first-order valence-electron chi connectivity index (χ1n) is 4.93. The number of carbonyl (C=O) groups excluding carboxylic acids is 1. The highest BCUT2D eigenvalue weighted by atomic mass is 16.4. The van der Waals surface area contributed by atoms with Crippen LogP contribution in [0.1, 0.15) is 19.3 Å². The molecule has 0 spiro atoms. The maximum absolute atomic E-state index is 11.5. The van der Waals surface area contributed by atoms with E-state index in [4.69, 9.17) is 10.2 Å². The Labute approximate surface area is 87.9 Å². The normalized spacial score (nSPS) is 17.7. The van der Waals surface area contributed by atoms with Gasteiger partial charge in [0.2, 0.25) is 0 Å². The van der Waals surface area contributed by atoms with E-state index in [-0.39, 0.29) is 6.04 Å². The molecule has 86 valence electrons. The van der Waals surface area contributed by atoms with Gasteiger partial charge in [-0.1, -0.05) is 0 Å². The number of rotatable bonds is 4. The molecular weight excluding hydrogens is 200 g/mol. The number of amides is 2. The zero-order chi connectivity index (χ0) is 11.4. The summed E-state index contributed by atoms with van der Waals surface area (Å²) in [6.45, 7) is -0.598. The van der Waals surface area contributed by atoms with E-state index in [9.17, 15) is 9.59 Å². The second-order valence-corrected chi connectivity index (χ2v) is 3.72. The number of aliphatic hydroxyl groups is 1. The fraction of sp³-hybridized carbons (Fsp3) is 0.778. The predicted octanol–water partition coefficient (Wildman–Crippen LogP) is -0.374. The van der Waals surface area contributed by atoms with Crippen LogP contribution in [0.4, 0.5) is 4.79 Å². The van der Waals surface area contributed by atoms with Crippen LogP contribution in [-0.2, 0) is 4.79 Å². The van der Waals surface area contributed by atoms with E-state index in [0.717, 1.165) is 19.3 Å². The number of carboxylic acid groups (broad SMARTS) is 1. The molecule has 0 aromatic heterocycles. The topological polar surface area (TPSA) is 89.9 Å². The summed E-state index contributed by atoms with van der Waals surface area (Å²) >= 11 is 0. The van der Waals surface area contributed by atoms with Crippen LogP contribution in [0, 0.1) is 0 Å². The minimum atomic E-state index is -1.23. The van der Waals surface area contributed by atoms with Gasteiger partial charge in [-0.2, -0.15) is 0 Å². The van der Waals surface area contributed by atoms with Gasteiger partial charge >= 0.3 is 12.0 Å². The zero-order valence-electron chi connectivity index (χ0n) is 8.64. The second-order valence-electron chi connectivity index (χ2n) is 3.72. The fourth-order valence-electron chi connectivity index (χ4n) is 1.38. The maximum atomic E-state index is 11.5. The lowest BCUT2D eigenvalue weighted by atomic mass is 9.92. The summed E-state index contributed by atoms with van der Waals surface area (Å²) in [5.74, 6) is -1.23. The molecule has 0 bridgehead atoms. The molecule has 0 saturated heterocycles. The van der Waals surface area contributed by atoms with Gasteiger partial charge in [0.1, 0.15) is 0 Å². The number of nitrogens with one attached hydrogen (secondary N) is 1. The third-order valence-corrected chi connectivity index (χ3v) is 2.72. The molecule has 6 heteroatoms. The molecule has 0 aliphatic heterocycles. The van der Waals surface area contributed by atoms with Gasteiger partial charge in [0.15, 0.2) is 6.04 Å². The molecule has 0 aromatic rings. The first-order valence-corrected chi connectivity index (χ1v) is 4.93. The Balaban J connectivity index is 2.42. The molecule has 1 atom stereocenters. The van der Waals surface area contributed by atoms with Crippen LogP contribution in [0.2, 0.25) is 0 Å². The van der Waals surface area contributed by atoms with Crippen LogP contribution in [0.3, 0.4) is 0 Å². The highest BCUT2D eigenvalue weighted by Crippen LogP contribution is 2.23. The standard InChI is InChI=1S/C9H16N2O4/c1-11(6-3-2-4-6)9(15)10-7(5-12)8(13)14/h6-7,12H,2-5H2,1H3,(H,10,15)(H,13,14). The molecule has 0 heterocycles. The third-order valence-electron chi connectivity index (χ3n) is 2.72. The van der Waals surface area contributed by atoms with Crippen molar-refractivity contribution in [1.29, 1.82) is 0 Å². The fourth-order valence-corrected chi connectivity index (χ4v) is 1.38. The monoisotopic (exact) mass is 216 g/mol. The van der Waals surface area contributed by atoms with Gasteiger partial charge in [-0.15, -0.1) is 0 Å². The molecule has 15 heavy (non-hydrogen) atoms. The average Bonchev–Trinajstić information content (AvgIpc) is 2.10. The lowest BCUT2D eigenvalue weighted by Gasteiger charge is -2.35. The summed E-state index contributed by atoms with van der Waals surface area (Å²) in [5, 5.41) is 19.6. The first-order chi connectivity index (χ1) is 7.06. The van der Waals surface area contributed by atoms with Crippen molar-refractivity contribution in [2.24, 2.45) is 0 Å². The van der Waals surface area contributed by atoms with E-state index >= 15 is 0 Å². The molecule has 1 saturated carbocycles. The van der Waals surface area contributed by atoms with Gasteiger partial charge in [0.05, 0.1) is 6.61 Å². The van der Waals surface area contributed by atoms with Crippen molar-refractivity contribution >= 4 is 12.0 Å². The number of urea groups is 1. The Bertz CT molecular complexity index is 252. The number of carbonyl (C=O) groups is 2. The molecule has 6 nitrogen and oxygen atoms in total. The lowest BCUT2D eigenvalue weighted by Crippen LogP contribution is -2.52. The molecule has 1 rings (SSSR count). The summed E-state index contributed by atoms with van der Waals surface area (Å²) in [4.78, 5) is 23.5. The highest BCUT2D eigenvalue weighted by molar-refractivity contribution is 5.82. The number of aliphatic hydroxyl groups excluding tert-OH is 1. The van der Waals surface area contributed by atoms with Crippen molar-refractivity contribution in [2.75, 3.05) is 13.7 Å². The van der Waals surface area contributed by atoms with E-state index < -0.39 is 24.6 Å². The van der Waals surface area contributed by atoms with Crippen LogP contribution in [-0.4, -0.2) is 52.9 Å². The van der Waals surface area contributed by atoms with E-state index in [2.05, 4.69) is 5.32 Å². The molecule has 1 aliphatic rings. The van der Waals surface area contributed by atoms with Crippen molar-refractivity contribution in [3.05, 3.63) is 0 Å². The second kappa shape index (κ2) is 4.97. The van der Waals surface area contributed by atoms with Gasteiger partial charge in [0.25, 0.3) is 0 Å². The van der Waals surface area contributed by atoms with Crippen molar-refractivity contribution in [1.82, 2.24) is 10.2 Å². The van der Waals surface area contributed by atoms with Crippen LogP contribution < -0.4 is 5.32 Å². The quantitative estimate of drug-likeness (QED) is 0.598. The molecule has 1 fully saturated rings. The van der Waals surface area contributed by atoms with E-state index in [0.29, 0.717) is 0 Å². The molecule has 0 aromatic carbocycles. The smallest absolute Gasteiger partial charge is 0.328 e. The maximum Gasteiger partial charge on any atom is 0.328 e. The number of hydrogen-bond acceptors (Lipinski definition) is 3. The number of nitrogens with zero attached hydrogens (tertiary/aromatic N) is 1. The number of aliphatic carboxylic acids is 1. The Morgan fingerprint density at radius 2 is 2.13 bits per heavy atom. The van der Waals surface area contributed by atoms with E-state index in [1.54, 1.807) is 7.05 Å². The summed E-state index contributed by atoms with van der Waals surface area (Å²) in [6.07, 6.45) is 3.02. The van der Waals surface area contributed by atoms with E-state index in [1.165, 1.54) is 4.90 Å².